The van der Waals surface area contributed by atoms with Crippen LogP contribution in [0, 0.1) is 0 Å². The van der Waals surface area contributed by atoms with Crippen LogP contribution in [0.25, 0.3) is 11.0 Å². The number of halogens is 3. The molecule has 1 fully saturated rings. The molecule has 1 heterocycles. The highest BCUT2D eigenvalue weighted by Crippen LogP contribution is 2.32. The minimum absolute atomic E-state index is 0.260. The standard InChI is InChI=1S/C18H25F3N4/c1-3-25(4-2)16-8-6-5-7-14(16)23-17-22-13-10-9-12(18(19,20)21)11-15(13)24-17/h9-11,14,16H,3-8H2,1-2H3,(H2,22,23,24)/t14-,16-/m1/s1. The van der Waals surface area contributed by atoms with Crippen LogP contribution in [-0.4, -0.2) is 40.0 Å². The first kappa shape index (κ1) is 18.0. The monoisotopic (exact) mass is 354 g/mol. The number of nitrogens with one attached hydrogen (secondary N) is 2. The summed E-state index contributed by atoms with van der Waals surface area (Å²) in [5, 5.41) is 3.44. The number of benzene rings is 1. The van der Waals surface area contributed by atoms with Crippen LogP contribution in [-0.2, 0) is 6.18 Å². The van der Waals surface area contributed by atoms with Crippen molar-refractivity contribution in [2.75, 3.05) is 18.4 Å². The van der Waals surface area contributed by atoms with Crippen molar-refractivity contribution in [1.82, 2.24) is 14.9 Å². The van der Waals surface area contributed by atoms with Gasteiger partial charge in [-0.15, -0.1) is 0 Å². The van der Waals surface area contributed by atoms with Gasteiger partial charge >= 0.3 is 6.18 Å². The third kappa shape index (κ3) is 3.92. The zero-order chi connectivity index (χ0) is 18.0. The predicted octanol–water partition coefficient (Wildman–Crippen LogP) is 4.65. The second kappa shape index (κ2) is 7.23. The lowest BCUT2D eigenvalue weighted by Gasteiger charge is -2.39. The van der Waals surface area contributed by atoms with Crippen LogP contribution in [0.1, 0.15) is 45.1 Å². The fourth-order valence-corrected chi connectivity index (χ4v) is 3.84. The quantitative estimate of drug-likeness (QED) is 0.822. The molecule has 4 nitrogen and oxygen atoms in total. The summed E-state index contributed by atoms with van der Waals surface area (Å²) in [7, 11) is 0. The number of aromatic amines is 1. The Hall–Kier alpha value is -1.76. The van der Waals surface area contributed by atoms with E-state index < -0.39 is 11.7 Å². The number of rotatable bonds is 5. The number of H-pyrrole nitrogens is 1. The Kier molecular flexibility index (Phi) is 5.22. The number of alkyl halides is 3. The first-order valence-corrected chi connectivity index (χ1v) is 9.00. The molecular weight excluding hydrogens is 329 g/mol. The Balaban J connectivity index is 1.81. The van der Waals surface area contributed by atoms with Gasteiger partial charge in [0.25, 0.3) is 0 Å². The molecule has 0 unspecified atom stereocenters. The summed E-state index contributed by atoms with van der Waals surface area (Å²) in [5.74, 6) is 0.554. The van der Waals surface area contributed by atoms with Gasteiger partial charge in [0.2, 0.25) is 5.95 Å². The molecule has 0 aliphatic heterocycles. The van der Waals surface area contributed by atoms with Crippen molar-refractivity contribution in [2.24, 2.45) is 0 Å². The second-order valence-electron chi connectivity index (χ2n) is 6.64. The fourth-order valence-electron chi connectivity index (χ4n) is 3.84. The third-order valence-electron chi connectivity index (χ3n) is 5.14. The number of fused-ring (bicyclic) bond motifs is 1. The van der Waals surface area contributed by atoms with Gasteiger partial charge in [0.1, 0.15) is 0 Å². The van der Waals surface area contributed by atoms with Crippen LogP contribution in [0.5, 0.6) is 0 Å². The van der Waals surface area contributed by atoms with Gasteiger partial charge < -0.3 is 10.3 Å². The number of imidazole rings is 1. The second-order valence-corrected chi connectivity index (χ2v) is 6.64. The zero-order valence-electron chi connectivity index (χ0n) is 14.7. The van der Waals surface area contributed by atoms with Crippen LogP contribution in [0.3, 0.4) is 0 Å². The van der Waals surface area contributed by atoms with E-state index in [-0.39, 0.29) is 6.04 Å². The third-order valence-corrected chi connectivity index (χ3v) is 5.14. The summed E-state index contributed by atoms with van der Waals surface area (Å²) in [5.41, 5.74) is 0.298. The predicted molar refractivity (Wildman–Crippen MR) is 93.7 cm³/mol. The van der Waals surface area contributed by atoms with Crippen molar-refractivity contribution in [3.05, 3.63) is 23.8 Å². The van der Waals surface area contributed by atoms with Crippen LogP contribution in [0.2, 0.25) is 0 Å². The smallest absolute Gasteiger partial charge is 0.351 e. The lowest BCUT2D eigenvalue weighted by Crippen LogP contribution is -2.48. The van der Waals surface area contributed by atoms with Crippen LogP contribution < -0.4 is 5.32 Å². The summed E-state index contributed by atoms with van der Waals surface area (Å²) < 4.78 is 38.6. The maximum Gasteiger partial charge on any atom is 0.416 e. The Labute approximate surface area is 145 Å². The van der Waals surface area contributed by atoms with Gasteiger partial charge in [-0.3, -0.25) is 4.90 Å². The Morgan fingerprint density at radius 3 is 2.60 bits per heavy atom. The van der Waals surface area contributed by atoms with Crippen molar-refractivity contribution in [1.29, 1.82) is 0 Å². The summed E-state index contributed by atoms with van der Waals surface area (Å²) in [6.07, 6.45) is 0.218. The normalized spacial score (nSPS) is 21.8. The minimum atomic E-state index is -4.34. The number of likely N-dealkylation sites (N-methyl/N-ethyl adjacent to an activating group) is 1. The highest BCUT2D eigenvalue weighted by atomic mass is 19.4. The number of hydrogen-bond donors (Lipinski definition) is 2. The van der Waals surface area contributed by atoms with Gasteiger partial charge in [-0.1, -0.05) is 26.7 Å². The van der Waals surface area contributed by atoms with Crippen LogP contribution in [0.4, 0.5) is 19.1 Å². The SMILES string of the molecule is CCN(CC)[C@@H]1CCCC[C@H]1Nc1nc2ccc(C(F)(F)F)cc2[nH]1. The van der Waals surface area contributed by atoms with Crippen molar-refractivity contribution >= 4 is 17.0 Å². The van der Waals surface area contributed by atoms with E-state index in [1.54, 1.807) is 0 Å². The molecule has 0 bridgehead atoms. The summed E-state index contributed by atoms with van der Waals surface area (Å²) >= 11 is 0. The highest BCUT2D eigenvalue weighted by molar-refractivity contribution is 5.78. The molecule has 2 N–H and O–H groups in total. The van der Waals surface area contributed by atoms with Crippen LogP contribution >= 0.6 is 0 Å². The van der Waals surface area contributed by atoms with E-state index in [1.807, 2.05) is 0 Å². The largest absolute Gasteiger partial charge is 0.416 e. The first-order chi connectivity index (χ1) is 11.9. The van der Waals surface area contributed by atoms with Gasteiger partial charge in [-0.05, 0) is 44.1 Å². The van der Waals surface area contributed by atoms with Gasteiger partial charge in [0.15, 0.2) is 0 Å². The fraction of sp³-hybridized carbons (Fsp3) is 0.611. The molecule has 7 heteroatoms. The zero-order valence-corrected chi connectivity index (χ0v) is 14.7. The molecule has 1 aromatic heterocycles. The summed E-state index contributed by atoms with van der Waals surface area (Å²) in [6, 6.07) is 4.31. The van der Waals surface area contributed by atoms with Gasteiger partial charge in [0, 0.05) is 12.1 Å². The average molecular weight is 354 g/mol. The molecule has 1 aliphatic rings. The van der Waals surface area contributed by atoms with E-state index in [2.05, 4.69) is 34.0 Å². The summed E-state index contributed by atoms with van der Waals surface area (Å²) in [6.45, 7) is 6.31. The maximum atomic E-state index is 12.9. The molecule has 2 atom stereocenters. The molecule has 1 saturated carbocycles. The first-order valence-electron chi connectivity index (χ1n) is 9.00. The lowest BCUT2D eigenvalue weighted by molar-refractivity contribution is -0.137. The van der Waals surface area contributed by atoms with Gasteiger partial charge in [0.05, 0.1) is 16.6 Å². The van der Waals surface area contributed by atoms with E-state index in [1.165, 1.54) is 12.5 Å². The number of hydrogen-bond acceptors (Lipinski definition) is 3. The molecule has 138 valence electrons. The molecule has 25 heavy (non-hydrogen) atoms. The van der Waals surface area contributed by atoms with Crippen molar-refractivity contribution in [3.8, 4) is 0 Å². The Morgan fingerprint density at radius 2 is 1.92 bits per heavy atom. The molecule has 0 saturated heterocycles. The molecule has 0 amide bonds. The molecule has 3 rings (SSSR count). The van der Waals surface area contributed by atoms with E-state index >= 15 is 0 Å². The number of nitrogens with zero attached hydrogens (tertiary/aromatic N) is 2. The van der Waals surface area contributed by atoms with E-state index in [4.69, 9.17) is 0 Å². The van der Waals surface area contributed by atoms with Crippen molar-refractivity contribution < 1.29 is 13.2 Å². The van der Waals surface area contributed by atoms with Crippen molar-refractivity contribution in [3.63, 3.8) is 0 Å². The molecule has 0 spiro atoms. The number of anilines is 1. The van der Waals surface area contributed by atoms with E-state index in [9.17, 15) is 13.2 Å². The van der Waals surface area contributed by atoms with Gasteiger partial charge in [-0.25, -0.2) is 4.98 Å². The average Bonchev–Trinajstić information content (AvgIpc) is 2.98. The Bertz CT molecular complexity index is 706. The molecular formula is C18H25F3N4. The molecule has 1 aliphatic carbocycles. The van der Waals surface area contributed by atoms with Crippen molar-refractivity contribution in [2.45, 2.75) is 57.8 Å². The van der Waals surface area contributed by atoms with Crippen LogP contribution in [0.15, 0.2) is 18.2 Å². The maximum absolute atomic E-state index is 12.9. The molecule has 2 aromatic rings. The topological polar surface area (TPSA) is 44.0 Å². The lowest BCUT2D eigenvalue weighted by atomic mass is 9.89. The molecule has 0 radical (unpaired) electrons. The highest BCUT2D eigenvalue weighted by Gasteiger charge is 2.31. The minimum Gasteiger partial charge on any atom is -0.351 e. The number of aromatic nitrogens is 2. The molecule has 1 aromatic carbocycles. The Morgan fingerprint density at radius 1 is 1.20 bits per heavy atom. The van der Waals surface area contributed by atoms with Gasteiger partial charge in [-0.2, -0.15) is 13.2 Å². The van der Waals surface area contributed by atoms with E-state index in [0.717, 1.165) is 44.5 Å². The van der Waals surface area contributed by atoms with E-state index in [0.29, 0.717) is 23.0 Å². The summed E-state index contributed by atoms with van der Waals surface area (Å²) in [4.78, 5) is 9.88.